The molecule has 1 aliphatic carbocycles. The predicted octanol–water partition coefficient (Wildman–Crippen LogP) is 3.68. The van der Waals surface area contributed by atoms with E-state index >= 15 is 0 Å². The number of ether oxygens (including phenoxy) is 1. The topological polar surface area (TPSA) is 37.2 Å². The van der Waals surface area contributed by atoms with E-state index in [-0.39, 0.29) is 0 Å². The third-order valence-corrected chi connectivity index (χ3v) is 3.90. The molecule has 0 unspecified atom stereocenters. The summed E-state index contributed by atoms with van der Waals surface area (Å²) in [5.74, 6) is 1.24. The molecule has 0 atom stereocenters. The summed E-state index contributed by atoms with van der Waals surface area (Å²) in [5.41, 5.74) is 2.95. The monoisotopic (exact) mass is 309 g/mol. The second-order valence-corrected chi connectivity index (χ2v) is 5.24. The molecule has 0 radical (unpaired) electrons. The highest BCUT2D eigenvalue weighted by Gasteiger charge is 2.24. The van der Waals surface area contributed by atoms with Crippen LogP contribution in [0.15, 0.2) is 22.3 Å². The molecule has 0 saturated carbocycles. The maximum atomic E-state index is 13.0. The molecule has 120 valence electrons. The van der Waals surface area contributed by atoms with E-state index in [2.05, 4.69) is 16.9 Å². The van der Waals surface area contributed by atoms with Gasteiger partial charge in [-0.2, -0.15) is 5.10 Å². The highest BCUT2D eigenvalue weighted by molar-refractivity contribution is 5.97. The molecule has 2 rings (SSSR count). The number of benzene rings is 1. The molecule has 1 aliphatic rings. The molecule has 0 amide bonds. The van der Waals surface area contributed by atoms with Crippen LogP contribution in [-0.2, 0) is 12.8 Å². The molecule has 0 aromatic heterocycles. The molecule has 6 heteroatoms. The molecule has 22 heavy (non-hydrogen) atoms. The number of methoxy groups -OCH3 is 1. The minimum atomic E-state index is -2.46. The van der Waals surface area contributed by atoms with Crippen molar-refractivity contribution in [3.05, 3.63) is 23.3 Å². The first-order valence-electron chi connectivity index (χ1n) is 7.33. The molecule has 1 aromatic rings. The Hall–Kier alpha value is -1.98. The van der Waals surface area contributed by atoms with Crippen LogP contribution in [0.2, 0.25) is 0 Å². The number of hydrogen-bond acceptors (Lipinski definition) is 3. The summed E-state index contributed by atoms with van der Waals surface area (Å²) in [6.07, 6.45) is 1.44. The fourth-order valence-electron chi connectivity index (χ4n) is 2.96. The molecule has 4 nitrogen and oxygen atoms in total. The first-order chi connectivity index (χ1) is 10.6. The van der Waals surface area contributed by atoms with Crippen LogP contribution in [0.3, 0.4) is 0 Å². The quantitative estimate of drug-likeness (QED) is 0.473. The lowest BCUT2D eigenvalue weighted by Gasteiger charge is -2.29. The minimum absolute atomic E-state index is 0.410. The van der Waals surface area contributed by atoms with E-state index in [0.717, 1.165) is 48.2 Å². The Morgan fingerprint density at radius 1 is 1.32 bits per heavy atom. The van der Waals surface area contributed by atoms with E-state index in [4.69, 9.17) is 4.74 Å². The molecule has 0 aliphatic heterocycles. The van der Waals surface area contributed by atoms with Gasteiger partial charge in [-0.1, -0.05) is 0 Å². The van der Waals surface area contributed by atoms with Crippen molar-refractivity contribution in [1.29, 1.82) is 0 Å². The van der Waals surface area contributed by atoms with Crippen LogP contribution >= 0.6 is 0 Å². The van der Waals surface area contributed by atoms with Crippen molar-refractivity contribution in [2.75, 3.05) is 18.6 Å². The van der Waals surface area contributed by atoms with Gasteiger partial charge in [0.15, 0.2) is 0 Å². The number of anilines is 1. The largest absolute Gasteiger partial charge is 0.496 e. The van der Waals surface area contributed by atoms with Gasteiger partial charge >= 0.3 is 0 Å². The maximum Gasteiger partial charge on any atom is 0.256 e. The summed E-state index contributed by atoms with van der Waals surface area (Å²) < 4.78 is 31.4. The normalized spacial score (nSPS) is 14.7. The van der Waals surface area contributed by atoms with E-state index < -0.39 is 13.0 Å². The third-order valence-electron chi connectivity index (χ3n) is 3.90. The standard InChI is InChI=1S/C16H21F2N3O/c1-11(20-19-2)21(10-16(17)18)14-8-9-15(22-3)13-7-5-4-6-12(13)14/h8-9,16H,2,4-7,10H2,1,3H3/b20-11-. The lowest BCUT2D eigenvalue weighted by atomic mass is 9.89. The molecule has 0 bridgehead atoms. The van der Waals surface area contributed by atoms with Gasteiger partial charge < -0.3 is 9.64 Å². The average Bonchev–Trinajstić information content (AvgIpc) is 2.51. The highest BCUT2D eigenvalue weighted by atomic mass is 19.3. The molecule has 0 spiro atoms. The van der Waals surface area contributed by atoms with Crippen LogP contribution in [0.5, 0.6) is 5.75 Å². The van der Waals surface area contributed by atoms with Crippen molar-refractivity contribution in [3.63, 3.8) is 0 Å². The number of alkyl halides is 2. The summed E-state index contributed by atoms with van der Waals surface area (Å²) >= 11 is 0. The van der Waals surface area contributed by atoms with Crippen LogP contribution in [0, 0.1) is 0 Å². The predicted molar refractivity (Wildman–Crippen MR) is 85.6 cm³/mol. The Morgan fingerprint density at radius 3 is 2.59 bits per heavy atom. The lowest BCUT2D eigenvalue weighted by Crippen LogP contribution is -2.34. The molecule has 0 N–H and O–H groups in total. The van der Waals surface area contributed by atoms with Crippen LogP contribution in [-0.4, -0.2) is 32.6 Å². The van der Waals surface area contributed by atoms with Gasteiger partial charge in [-0.05, 0) is 55.9 Å². The number of hydrogen-bond donors (Lipinski definition) is 0. The highest BCUT2D eigenvalue weighted by Crippen LogP contribution is 2.36. The van der Waals surface area contributed by atoms with Gasteiger partial charge in [-0.15, -0.1) is 5.10 Å². The molecule has 0 heterocycles. The maximum absolute atomic E-state index is 13.0. The SMILES string of the molecule is C=N/N=C(/C)N(CC(F)F)c1ccc(OC)c2c1CCCC2. The van der Waals surface area contributed by atoms with Gasteiger partial charge in [0.1, 0.15) is 11.6 Å². The van der Waals surface area contributed by atoms with Gasteiger partial charge in [0.25, 0.3) is 6.43 Å². The van der Waals surface area contributed by atoms with Gasteiger partial charge in [0.2, 0.25) is 0 Å². The van der Waals surface area contributed by atoms with Crippen molar-refractivity contribution in [2.45, 2.75) is 39.0 Å². The van der Waals surface area contributed by atoms with Gasteiger partial charge in [-0.3, -0.25) is 0 Å². The Kier molecular flexibility index (Phi) is 5.46. The Bertz CT molecular complexity index is 573. The van der Waals surface area contributed by atoms with Crippen LogP contribution < -0.4 is 9.64 Å². The first kappa shape index (κ1) is 16.4. The van der Waals surface area contributed by atoms with Crippen LogP contribution in [0.1, 0.15) is 30.9 Å². The number of halogens is 2. The second kappa shape index (κ2) is 7.33. The van der Waals surface area contributed by atoms with Gasteiger partial charge in [-0.25, -0.2) is 8.78 Å². The van der Waals surface area contributed by atoms with Crippen LogP contribution in [0.25, 0.3) is 0 Å². The van der Waals surface area contributed by atoms with Crippen molar-refractivity contribution < 1.29 is 13.5 Å². The van der Waals surface area contributed by atoms with Crippen molar-refractivity contribution in [2.24, 2.45) is 10.2 Å². The summed E-state index contributed by atoms with van der Waals surface area (Å²) in [6, 6.07) is 3.67. The summed E-state index contributed by atoms with van der Waals surface area (Å²) in [4.78, 5) is 1.52. The van der Waals surface area contributed by atoms with Gasteiger partial charge in [0.05, 0.1) is 13.7 Å². The van der Waals surface area contributed by atoms with E-state index in [0.29, 0.717) is 5.84 Å². The van der Waals surface area contributed by atoms with Crippen molar-refractivity contribution in [1.82, 2.24) is 0 Å². The average molecular weight is 309 g/mol. The summed E-state index contributed by atoms with van der Waals surface area (Å²) in [5, 5.41) is 7.30. The van der Waals surface area contributed by atoms with E-state index in [1.807, 2.05) is 12.1 Å². The number of amidine groups is 1. The fraction of sp³-hybridized carbons (Fsp3) is 0.500. The lowest BCUT2D eigenvalue weighted by molar-refractivity contribution is 0.158. The zero-order chi connectivity index (χ0) is 16.1. The number of rotatable bonds is 5. The zero-order valence-corrected chi connectivity index (χ0v) is 13.0. The third kappa shape index (κ3) is 3.43. The Morgan fingerprint density at radius 2 is 2.00 bits per heavy atom. The molecule has 1 aromatic carbocycles. The Balaban J connectivity index is 2.51. The molecule has 0 saturated heterocycles. The van der Waals surface area contributed by atoms with Gasteiger partial charge in [0, 0.05) is 12.4 Å². The molecule has 0 fully saturated rings. The smallest absolute Gasteiger partial charge is 0.256 e. The second-order valence-electron chi connectivity index (χ2n) is 5.24. The van der Waals surface area contributed by atoms with Crippen LogP contribution in [0.4, 0.5) is 14.5 Å². The summed E-state index contributed by atoms with van der Waals surface area (Å²) in [7, 11) is 1.63. The number of fused-ring (bicyclic) bond motifs is 1. The Labute approximate surface area is 129 Å². The zero-order valence-electron chi connectivity index (χ0n) is 13.0. The van der Waals surface area contributed by atoms with E-state index in [1.165, 1.54) is 4.90 Å². The first-order valence-corrected chi connectivity index (χ1v) is 7.33. The van der Waals surface area contributed by atoms with Crippen molar-refractivity contribution in [3.8, 4) is 5.75 Å². The number of nitrogens with zero attached hydrogens (tertiary/aromatic N) is 3. The van der Waals surface area contributed by atoms with Crippen molar-refractivity contribution >= 4 is 18.2 Å². The molecular formula is C16H21F2N3O. The summed E-state index contributed by atoms with van der Waals surface area (Å²) in [6.45, 7) is 4.55. The fourth-order valence-corrected chi connectivity index (χ4v) is 2.96. The van der Waals surface area contributed by atoms with E-state index in [9.17, 15) is 8.78 Å². The minimum Gasteiger partial charge on any atom is -0.496 e. The van der Waals surface area contributed by atoms with E-state index in [1.54, 1.807) is 14.0 Å². The molecular weight excluding hydrogens is 288 g/mol.